The highest BCUT2D eigenvalue weighted by molar-refractivity contribution is 5.68. The third-order valence-electron chi connectivity index (χ3n) is 6.33. The molecule has 3 aromatic rings. The summed E-state index contributed by atoms with van der Waals surface area (Å²) in [7, 11) is 2.90. The van der Waals surface area contributed by atoms with Gasteiger partial charge in [0.25, 0.3) is 0 Å². The van der Waals surface area contributed by atoms with Crippen molar-refractivity contribution < 1.29 is 38.0 Å². The number of ether oxygens (including phenoxy) is 6. The summed E-state index contributed by atoms with van der Waals surface area (Å²) in [6.45, 7) is 4.85. The van der Waals surface area contributed by atoms with Crippen molar-refractivity contribution in [2.45, 2.75) is 50.2 Å². The highest BCUT2D eigenvalue weighted by Gasteiger charge is 2.41. The first-order valence-electron chi connectivity index (χ1n) is 13.7. The van der Waals surface area contributed by atoms with Crippen LogP contribution in [-0.4, -0.2) is 70.6 Å². The first-order chi connectivity index (χ1) is 20.2. The van der Waals surface area contributed by atoms with E-state index in [2.05, 4.69) is 5.32 Å². The minimum absolute atomic E-state index is 0.104. The Bertz CT molecular complexity index is 1100. The highest BCUT2D eigenvalue weighted by atomic mass is 16.7. The van der Waals surface area contributed by atoms with Crippen LogP contribution in [0.25, 0.3) is 0 Å². The first kappa shape index (κ1) is 32.9. The number of hydrogen-bond acceptors (Lipinski definition) is 8. The zero-order valence-corrected chi connectivity index (χ0v) is 24.9. The molecular weight excluding hydrogens is 538 g/mol. The summed E-state index contributed by atoms with van der Waals surface area (Å²) in [5.41, 5.74) is 0.755. The maximum absolute atomic E-state index is 13.1. The van der Waals surface area contributed by atoms with Crippen molar-refractivity contribution in [1.82, 2.24) is 5.32 Å². The fourth-order valence-corrected chi connectivity index (χ4v) is 4.61. The summed E-state index contributed by atoms with van der Waals surface area (Å²) >= 11 is 0. The van der Waals surface area contributed by atoms with Gasteiger partial charge in [0.05, 0.1) is 12.6 Å². The van der Waals surface area contributed by atoms with Gasteiger partial charge in [0, 0.05) is 14.2 Å². The summed E-state index contributed by atoms with van der Waals surface area (Å²) in [6.07, 6.45) is -2.25. The van der Waals surface area contributed by atoms with Crippen LogP contribution in [0.2, 0.25) is 0 Å². The third-order valence-corrected chi connectivity index (χ3v) is 6.33. The number of benzene rings is 3. The molecular formula is C33H41NO8. The van der Waals surface area contributed by atoms with Crippen molar-refractivity contribution >= 4 is 12.4 Å². The molecule has 0 spiro atoms. The summed E-state index contributed by atoms with van der Waals surface area (Å²) in [5.74, 6) is 0. The molecule has 1 N–H and O–H groups in total. The van der Waals surface area contributed by atoms with Crippen LogP contribution in [0.5, 0.6) is 0 Å². The molecule has 0 aromatic heterocycles. The Morgan fingerprint density at radius 2 is 1.21 bits per heavy atom. The zero-order valence-electron chi connectivity index (χ0n) is 24.9. The lowest BCUT2D eigenvalue weighted by atomic mass is 9.80. The van der Waals surface area contributed by atoms with Gasteiger partial charge in [0.2, 0.25) is 0 Å². The molecule has 0 aliphatic heterocycles. The molecule has 0 saturated heterocycles. The quantitative estimate of drug-likeness (QED) is 0.143. The van der Waals surface area contributed by atoms with E-state index in [-0.39, 0.29) is 20.2 Å². The number of aldehydes is 1. The average Bonchev–Trinajstić information content (AvgIpc) is 2.99. The van der Waals surface area contributed by atoms with Gasteiger partial charge in [-0.3, -0.25) is 0 Å². The Morgan fingerprint density at radius 1 is 0.762 bits per heavy atom. The van der Waals surface area contributed by atoms with E-state index in [1.54, 1.807) is 20.8 Å². The molecule has 0 unspecified atom stereocenters. The lowest BCUT2D eigenvalue weighted by Crippen LogP contribution is -2.55. The van der Waals surface area contributed by atoms with Crippen LogP contribution < -0.4 is 5.32 Å². The van der Waals surface area contributed by atoms with Gasteiger partial charge in [0.1, 0.15) is 37.0 Å². The molecule has 0 aliphatic carbocycles. The Labute approximate surface area is 248 Å². The van der Waals surface area contributed by atoms with Crippen LogP contribution in [0.15, 0.2) is 91.0 Å². The molecule has 3 atom stereocenters. The zero-order chi connectivity index (χ0) is 30.4. The highest BCUT2D eigenvalue weighted by Crippen LogP contribution is 2.40. The number of carbonyl (C=O) groups is 2. The molecule has 226 valence electrons. The molecule has 0 aliphatic rings. The molecule has 0 radical (unpaired) electrons. The molecule has 0 saturated carbocycles. The molecule has 3 rings (SSSR count). The van der Waals surface area contributed by atoms with Crippen LogP contribution in [0.4, 0.5) is 4.79 Å². The van der Waals surface area contributed by atoms with Gasteiger partial charge in [-0.15, -0.1) is 0 Å². The maximum atomic E-state index is 13.1. The largest absolute Gasteiger partial charge is 0.444 e. The minimum atomic E-state index is -1.12. The number of amides is 1. The van der Waals surface area contributed by atoms with E-state index in [1.807, 2.05) is 91.0 Å². The number of alkyl carbamates (subject to hydrolysis) is 1. The molecule has 3 aromatic carbocycles. The lowest BCUT2D eigenvalue weighted by Gasteiger charge is -2.39. The number of carbonyl (C=O) groups excluding carboxylic acids is 2. The minimum Gasteiger partial charge on any atom is -0.444 e. The van der Waals surface area contributed by atoms with Gasteiger partial charge in [0.15, 0.2) is 6.29 Å². The van der Waals surface area contributed by atoms with Gasteiger partial charge in [-0.25, -0.2) is 4.79 Å². The molecule has 0 bridgehead atoms. The SMILES string of the molecule is COCO[C@H]([C@@H](COC(c1ccccc1)(c1ccccc1)c1ccccc1)NC(=O)OC(C)(C)C)[C@@H](C=O)OCOC. The summed E-state index contributed by atoms with van der Waals surface area (Å²) < 4.78 is 34.3. The summed E-state index contributed by atoms with van der Waals surface area (Å²) in [5, 5.41) is 2.85. The fourth-order valence-electron chi connectivity index (χ4n) is 4.61. The van der Waals surface area contributed by atoms with Crippen molar-refractivity contribution in [3.05, 3.63) is 108 Å². The van der Waals surface area contributed by atoms with E-state index in [9.17, 15) is 9.59 Å². The van der Waals surface area contributed by atoms with Crippen LogP contribution in [0.1, 0.15) is 37.5 Å². The van der Waals surface area contributed by atoms with Crippen LogP contribution in [-0.2, 0) is 38.8 Å². The number of hydrogen-bond donors (Lipinski definition) is 1. The van der Waals surface area contributed by atoms with Gasteiger partial charge in [-0.05, 0) is 37.5 Å². The molecule has 9 heteroatoms. The molecule has 0 heterocycles. The standard InChI is InChI=1S/C33H41NO8/c1-32(2,3)42-31(36)34-28(30(40-24-38-5)29(21-35)39-23-37-4)22-41-33(25-15-9-6-10-16-25,26-17-11-7-12-18-26)27-19-13-8-14-20-27/h6-21,28-30H,22-24H2,1-5H3,(H,34,36)/t28-,29-,30-/m1/s1. The Kier molecular flexibility index (Phi) is 12.7. The van der Waals surface area contributed by atoms with Crippen LogP contribution in [0.3, 0.4) is 0 Å². The smallest absolute Gasteiger partial charge is 0.408 e. The first-order valence-corrected chi connectivity index (χ1v) is 13.7. The average molecular weight is 580 g/mol. The van der Waals surface area contributed by atoms with Crippen LogP contribution in [0, 0.1) is 0 Å². The number of nitrogens with one attached hydrogen (secondary N) is 1. The fraction of sp³-hybridized carbons (Fsp3) is 0.394. The van der Waals surface area contributed by atoms with Crippen LogP contribution >= 0.6 is 0 Å². The van der Waals surface area contributed by atoms with Crippen molar-refractivity contribution in [3.63, 3.8) is 0 Å². The number of rotatable bonds is 16. The Morgan fingerprint density at radius 3 is 1.62 bits per heavy atom. The van der Waals surface area contributed by atoms with Crippen molar-refractivity contribution in [3.8, 4) is 0 Å². The van der Waals surface area contributed by atoms with E-state index in [1.165, 1.54) is 14.2 Å². The normalized spacial score (nSPS) is 14.0. The van der Waals surface area contributed by atoms with E-state index >= 15 is 0 Å². The summed E-state index contributed by atoms with van der Waals surface area (Å²) in [6, 6.07) is 28.5. The molecule has 0 fully saturated rings. The van der Waals surface area contributed by atoms with Crippen molar-refractivity contribution in [2.24, 2.45) is 0 Å². The van der Waals surface area contributed by atoms with E-state index < -0.39 is 35.5 Å². The van der Waals surface area contributed by atoms with E-state index in [4.69, 9.17) is 28.4 Å². The molecule has 1 amide bonds. The molecule has 42 heavy (non-hydrogen) atoms. The Hall–Kier alpha value is -3.60. The predicted molar refractivity (Wildman–Crippen MR) is 158 cm³/mol. The maximum Gasteiger partial charge on any atom is 0.408 e. The second kappa shape index (κ2) is 16.1. The van der Waals surface area contributed by atoms with Crippen molar-refractivity contribution in [2.75, 3.05) is 34.4 Å². The lowest BCUT2D eigenvalue weighted by molar-refractivity contribution is -0.173. The van der Waals surface area contributed by atoms with Gasteiger partial charge >= 0.3 is 6.09 Å². The Balaban J connectivity index is 2.13. The molecule has 9 nitrogen and oxygen atoms in total. The van der Waals surface area contributed by atoms with E-state index in [0.29, 0.717) is 6.29 Å². The second-order valence-electron chi connectivity index (χ2n) is 10.6. The summed E-state index contributed by atoms with van der Waals surface area (Å²) in [4.78, 5) is 25.3. The topological polar surface area (TPSA) is 102 Å². The third kappa shape index (κ3) is 8.95. The predicted octanol–water partition coefficient (Wildman–Crippen LogP) is 5.07. The second-order valence-corrected chi connectivity index (χ2v) is 10.6. The van der Waals surface area contributed by atoms with Crippen molar-refractivity contribution in [1.29, 1.82) is 0 Å². The van der Waals surface area contributed by atoms with Gasteiger partial charge in [-0.2, -0.15) is 0 Å². The monoisotopic (exact) mass is 579 g/mol. The van der Waals surface area contributed by atoms with E-state index in [0.717, 1.165) is 16.7 Å². The van der Waals surface area contributed by atoms with Gasteiger partial charge < -0.3 is 38.5 Å². The van der Waals surface area contributed by atoms with Gasteiger partial charge in [-0.1, -0.05) is 91.0 Å². The number of methoxy groups -OCH3 is 2.